The molecule has 122 valence electrons. The second-order valence-electron chi connectivity index (χ2n) is 5.58. The van der Waals surface area contributed by atoms with Crippen molar-refractivity contribution in [1.29, 1.82) is 0 Å². The van der Waals surface area contributed by atoms with Gasteiger partial charge in [0.1, 0.15) is 0 Å². The zero-order valence-corrected chi connectivity index (χ0v) is 13.7. The summed E-state index contributed by atoms with van der Waals surface area (Å²) in [4.78, 5) is 12.4. The van der Waals surface area contributed by atoms with Gasteiger partial charge in [-0.05, 0) is 18.6 Å². The lowest BCUT2D eigenvalue weighted by molar-refractivity contribution is 0.237. The van der Waals surface area contributed by atoms with Crippen LogP contribution in [0, 0.1) is 6.92 Å². The Balaban J connectivity index is 1.66. The molecule has 1 atom stereocenters. The Morgan fingerprint density at radius 2 is 2.13 bits per heavy atom. The van der Waals surface area contributed by atoms with E-state index in [0.29, 0.717) is 17.0 Å². The van der Waals surface area contributed by atoms with Crippen LogP contribution < -0.4 is 10.6 Å². The second kappa shape index (κ2) is 5.69. The monoisotopic (exact) mass is 334 g/mol. The van der Waals surface area contributed by atoms with E-state index in [2.05, 4.69) is 15.7 Å². The van der Waals surface area contributed by atoms with Gasteiger partial charge < -0.3 is 10.6 Å². The van der Waals surface area contributed by atoms with Crippen LogP contribution in [0.4, 0.5) is 4.79 Å². The van der Waals surface area contributed by atoms with Crippen LogP contribution in [-0.2, 0) is 23.4 Å². The summed E-state index contributed by atoms with van der Waals surface area (Å²) in [5.41, 5.74) is 2.53. The molecule has 0 saturated heterocycles. The Kier molecular flexibility index (Phi) is 3.85. The first-order valence-corrected chi connectivity index (χ1v) is 8.87. The molecule has 0 aliphatic carbocycles. The third kappa shape index (κ3) is 2.94. The minimum absolute atomic E-state index is 0.105. The van der Waals surface area contributed by atoms with Crippen molar-refractivity contribution < 1.29 is 13.2 Å². The molecule has 8 heteroatoms. The summed E-state index contributed by atoms with van der Waals surface area (Å²) in [6.45, 7) is 2.26. The highest BCUT2D eigenvalue weighted by Crippen LogP contribution is 2.32. The quantitative estimate of drug-likeness (QED) is 0.877. The van der Waals surface area contributed by atoms with E-state index >= 15 is 0 Å². The van der Waals surface area contributed by atoms with Crippen LogP contribution in [0.5, 0.6) is 0 Å². The minimum atomic E-state index is -3.33. The molecule has 2 amide bonds. The van der Waals surface area contributed by atoms with Gasteiger partial charge in [-0.15, -0.1) is 0 Å². The lowest BCUT2D eigenvalue weighted by Gasteiger charge is -2.13. The Morgan fingerprint density at radius 1 is 1.39 bits per heavy atom. The minimum Gasteiger partial charge on any atom is -0.334 e. The Bertz CT molecular complexity index is 857. The number of benzene rings is 1. The molecule has 3 rings (SSSR count). The number of nitrogens with zero attached hydrogens (tertiary/aromatic N) is 2. The maximum Gasteiger partial charge on any atom is 0.315 e. The van der Waals surface area contributed by atoms with Gasteiger partial charge in [0.25, 0.3) is 0 Å². The topological polar surface area (TPSA) is 93.1 Å². The lowest BCUT2D eigenvalue weighted by Crippen LogP contribution is -2.38. The van der Waals surface area contributed by atoms with Gasteiger partial charge >= 0.3 is 6.03 Å². The van der Waals surface area contributed by atoms with Crippen LogP contribution in [0.3, 0.4) is 0 Å². The molecule has 2 aromatic rings. The Hall–Kier alpha value is -2.35. The van der Waals surface area contributed by atoms with Crippen molar-refractivity contribution in [1.82, 2.24) is 20.4 Å². The van der Waals surface area contributed by atoms with Gasteiger partial charge in [-0.3, -0.25) is 4.68 Å². The molecule has 1 aromatic carbocycles. The second-order valence-corrected chi connectivity index (χ2v) is 7.58. The largest absolute Gasteiger partial charge is 0.334 e. The first-order valence-electron chi connectivity index (χ1n) is 7.22. The fourth-order valence-electron chi connectivity index (χ4n) is 2.67. The lowest BCUT2D eigenvalue weighted by atomic mass is 10.1. The van der Waals surface area contributed by atoms with Crippen molar-refractivity contribution in [3.63, 3.8) is 0 Å². The standard InChI is InChI=1S/C15H18N4O3S/c1-10-11(8-17-19(10)2)7-16-15(20)18-13-9-23(21,22)14-6-4-3-5-12(13)14/h3-6,8,13H,7,9H2,1-2H3,(H2,16,18,20)/t13-/m0/s1. The van der Waals surface area contributed by atoms with Crippen LogP contribution in [0.1, 0.15) is 22.9 Å². The van der Waals surface area contributed by atoms with E-state index in [-0.39, 0.29) is 5.75 Å². The van der Waals surface area contributed by atoms with E-state index < -0.39 is 21.9 Å². The van der Waals surface area contributed by atoms with Crippen LogP contribution in [0.2, 0.25) is 0 Å². The fourth-order valence-corrected chi connectivity index (χ4v) is 4.41. The van der Waals surface area contributed by atoms with E-state index in [1.807, 2.05) is 14.0 Å². The van der Waals surface area contributed by atoms with E-state index in [9.17, 15) is 13.2 Å². The first kappa shape index (κ1) is 15.5. The summed E-state index contributed by atoms with van der Waals surface area (Å²) in [5.74, 6) is -0.105. The highest BCUT2D eigenvalue weighted by atomic mass is 32.2. The molecular formula is C15H18N4O3S. The summed E-state index contributed by atoms with van der Waals surface area (Å²) in [7, 11) is -1.49. The maximum atomic E-state index is 12.1. The van der Waals surface area contributed by atoms with Crippen molar-refractivity contribution in [2.75, 3.05) is 5.75 Å². The normalized spacial score (nSPS) is 18.4. The molecule has 23 heavy (non-hydrogen) atoms. The number of aromatic nitrogens is 2. The van der Waals surface area contributed by atoms with Crippen molar-refractivity contribution in [3.05, 3.63) is 47.3 Å². The number of carbonyl (C=O) groups excluding carboxylic acids is 1. The highest BCUT2D eigenvalue weighted by Gasteiger charge is 2.35. The SMILES string of the molecule is Cc1c(CNC(=O)N[C@H]2CS(=O)(=O)c3ccccc32)cnn1C. The predicted octanol–water partition coefficient (Wildman–Crippen LogP) is 1.06. The number of urea groups is 1. The average molecular weight is 334 g/mol. The third-order valence-corrected chi connectivity index (χ3v) is 5.91. The van der Waals surface area contributed by atoms with E-state index in [0.717, 1.165) is 11.3 Å². The zero-order valence-electron chi connectivity index (χ0n) is 12.9. The molecule has 0 radical (unpaired) electrons. The Morgan fingerprint density at radius 3 is 2.83 bits per heavy atom. The van der Waals surface area contributed by atoms with Gasteiger partial charge in [0.05, 0.1) is 22.9 Å². The molecular weight excluding hydrogens is 316 g/mol. The number of nitrogens with one attached hydrogen (secondary N) is 2. The van der Waals surface area contributed by atoms with Crippen molar-refractivity contribution in [3.8, 4) is 0 Å². The van der Waals surface area contributed by atoms with Crippen molar-refractivity contribution in [2.45, 2.75) is 24.4 Å². The average Bonchev–Trinajstić information content (AvgIpc) is 2.96. The molecule has 1 aromatic heterocycles. The number of carbonyl (C=O) groups is 1. The third-order valence-electron chi connectivity index (χ3n) is 4.10. The molecule has 2 heterocycles. The highest BCUT2D eigenvalue weighted by molar-refractivity contribution is 7.91. The predicted molar refractivity (Wildman–Crippen MR) is 84.6 cm³/mol. The molecule has 0 bridgehead atoms. The molecule has 0 saturated carbocycles. The molecule has 0 spiro atoms. The summed E-state index contributed by atoms with van der Waals surface area (Å²) in [6, 6.07) is 5.84. The van der Waals surface area contributed by atoms with Crippen LogP contribution in [0.15, 0.2) is 35.4 Å². The van der Waals surface area contributed by atoms with Gasteiger partial charge in [-0.2, -0.15) is 5.10 Å². The molecule has 1 aliphatic heterocycles. The number of hydrogen-bond acceptors (Lipinski definition) is 4. The summed E-state index contributed by atoms with van der Waals surface area (Å²) in [6.07, 6.45) is 1.70. The molecule has 0 fully saturated rings. The van der Waals surface area contributed by atoms with E-state index in [1.165, 1.54) is 0 Å². The molecule has 1 aliphatic rings. The van der Waals surface area contributed by atoms with Crippen molar-refractivity contribution >= 4 is 15.9 Å². The van der Waals surface area contributed by atoms with Crippen LogP contribution >= 0.6 is 0 Å². The number of hydrogen-bond donors (Lipinski definition) is 2. The molecule has 7 nitrogen and oxygen atoms in total. The van der Waals surface area contributed by atoms with Gasteiger partial charge in [0.2, 0.25) is 0 Å². The molecule has 0 unspecified atom stereocenters. The zero-order chi connectivity index (χ0) is 16.6. The van der Waals surface area contributed by atoms with Gasteiger partial charge in [0.15, 0.2) is 9.84 Å². The van der Waals surface area contributed by atoms with Crippen LogP contribution in [0.25, 0.3) is 0 Å². The number of sulfone groups is 1. The fraction of sp³-hybridized carbons (Fsp3) is 0.333. The van der Waals surface area contributed by atoms with Crippen LogP contribution in [-0.4, -0.2) is 30.0 Å². The number of fused-ring (bicyclic) bond motifs is 1. The first-order chi connectivity index (χ1) is 10.9. The Labute approximate surface area is 134 Å². The van der Waals surface area contributed by atoms with E-state index in [4.69, 9.17) is 0 Å². The number of amides is 2. The van der Waals surface area contributed by atoms with Gasteiger partial charge in [0, 0.05) is 24.8 Å². The summed E-state index contributed by atoms with van der Waals surface area (Å²) < 4.78 is 25.9. The van der Waals surface area contributed by atoms with Gasteiger partial charge in [-0.1, -0.05) is 18.2 Å². The maximum absolute atomic E-state index is 12.1. The summed E-state index contributed by atoms with van der Waals surface area (Å²) >= 11 is 0. The van der Waals surface area contributed by atoms with Crippen molar-refractivity contribution in [2.24, 2.45) is 7.05 Å². The number of rotatable bonds is 3. The number of aryl methyl sites for hydroxylation is 1. The molecule has 2 N–H and O–H groups in total. The summed E-state index contributed by atoms with van der Waals surface area (Å²) in [5, 5.41) is 9.58. The smallest absolute Gasteiger partial charge is 0.315 e. The van der Waals surface area contributed by atoms with Gasteiger partial charge in [-0.25, -0.2) is 13.2 Å². The van der Waals surface area contributed by atoms with E-state index in [1.54, 1.807) is 35.1 Å².